The third-order valence-corrected chi connectivity index (χ3v) is 1.48. The zero-order valence-corrected chi connectivity index (χ0v) is 6.12. The van der Waals surface area contributed by atoms with Gasteiger partial charge in [0.25, 0.3) is 0 Å². The van der Waals surface area contributed by atoms with Crippen LogP contribution in [-0.4, -0.2) is 21.3 Å². The van der Waals surface area contributed by atoms with Crippen LogP contribution < -0.4 is 0 Å². The first-order valence-corrected chi connectivity index (χ1v) is 3.49. The predicted molar refractivity (Wildman–Crippen MR) is 38.7 cm³/mol. The van der Waals surface area contributed by atoms with Crippen LogP contribution in [0.1, 0.15) is 12.7 Å². The maximum absolute atomic E-state index is 8.60. The number of aryl methyl sites for hydroxylation is 1. The first-order valence-electron chi connectivity index (χ1n) is 3.49. The van der Waals surface area contributed by atoms with E-state index in [2.05, 4.69) is 11.9 Å². The summed E-state index contributed by atoms with van der Waals surface area (Å²) in [5.74, 6) is 0.963. The van der Waals surface area contributed by atoms with Crippen LogP contribution in [0.15, 0.2) is 12.4 Å². The molecule has 0 amide bonds. The van der Waals surface area contributed by atoms with Gasteiger partial charge in [0.05, 0.1) is 6.61 Å². The molecule has 0 aliphatic carbocycles. The van der Waals surface area contributed by atoms with Gasteiger partial charge in [-0.1, -0.05) is 0 Å². The molecule has 0 aliphatic heterocycles. The molecule has 0 radical (unpaired) electrons. The standard InChI is InChI=1S/C7H12N2O/c1-2-9-5-4-8-7(9)3-6-10/h4-5,10H,2-3,6H2,1H3. The van der Waals surface area contributed by atoms with Crippen LogP contribution in [0.5, 0.6) is 0 Å². The molecule has 0 aliphatic rings. The van der Waals surface area contributed by atoms with Gasteiger partial charge in [-0.05, 0) is 6.92 Å². The monoisotopic (exact) mass is 140 g/mol. The highest BCUT2D eigenvalue weighted by atomic mass is 16.3. The molecule has 1 N–H and O–H groups in total. The van der Waals surface area contributed by atoms with Crippen LogP contribution >= 0.6 is 0 Å². The smallest absolute Gasteiger partial charge is 0.110 e. The Kier molecular flexibility index (Phi) is 2.45. The van der Waals surface area contributed by atoms with Crippen LogP contribution in [0.2, 0.25) is 0 Å². The quantitative estimate of drug-likeness (QED) is 0.661. The molecule has 10 heavy (non-hydrogen) atoms. The molecule has 1 aromatic heterocycles. The van der Waals surface area contributed by atoms with Crippen molar-refractivity contribution in [1.29, 1.82) is 0 Å². The highest BCUT2D eigenvalue weighted by Crippen LogP contribution is 1.96. The summed E-state index contributed by atoms with van der Waals surface area (Å²) in [7, 11) is 0. The zero-order valence-electron chi connectivity index (χ0n) is 6.12. The second-order valence-corrected chi connectivity index (χ2v) is 2.10. The Bertz CT molecular complexity index is 195. The van der Waals surface area contributed by atoms with E-state index in [-0.39, 0.29) is 6.61 Å². The number of rotatable bonds is 3. The number of hydrogen-bond donors (Lipinski definition) is 1. The van der Waals surface area contributed by atoms with E-state index >= 15 is 0 Å². The summed E-state index contributed by atoms with van der Waals surface area (Å²) < 4.78 is 2.02. The van der Waals surface area contributed by atoms with Crippen molar-refractivity contribution in [3.8, 4) is 0 Å². The number of nitrogens with zero attached hydrogens (tertiary/aromatic N) is 2. The van der Waals surface area contributed by atoms with Crippen molar-refractivity contribution in [3.05, 3.63) is 18.2 Å². The Morgan fingerprint density at radius 3 is 3.10 bits per heavy atom. The van der Waals surface area contributed by atoms with Gasteiger partial charge in [0.1, 0.15) is 5.82 Å². The normalized spacial score (nSPS) is 10.2. The van der Waals surface area contributed by atoms with Crippen molar-refractivity contribution in [2.24, 2.45) is 0 Å². The van der Waals surface area contributed by atoms with Gasteiger partial charge in [0.15, 0.2) is 0 Å². The largest absolute Gasteiger partial charge is 0.396 e. The van der Waals surface area contributed by atoms with Gasteiger partial charge < -0.3 is 9.67 Å². The minimum Gasteiger partial charge on any atom is -0.396 e. The lowest BCUT2D eigenvalue weighted by Gasteiger charge is -2.00. The van der Waals surface area contributed by atoms with Crippen molar-refractivity contribution < 1.29 is 5.11 Å². The van der Waals surface area contributed by atoms with Gasteiger partial charge in [0.2, 0.25) is 0 Å². The molecule has 0 unspecified atom stereocenters. The SMILES string of the molecule is CCn1ccnc1CCO. The maximum atomic E-state index is 8.60. The van der Waals surface area contributed by atoms with Crippen LogP contribution in [-0.2, 0) is 13.0 Å². The van der Waals surface area contributed by atoms with Crippen LogP contribution in [0.25, 0.3) is 0 Å². The van der Waals surface area contributed by atoms with E-state index in [0.29, 0.717) is 6.42 Å². The predicted octanol–water partition coefficient (Wildman–Crippen LogP) is 0.438. The number of imidazole rings is 1. The third-order valence-electron chi connectivity index (χ3n) is 1.48. The lowest BCUT2D eigenvalue weighted by Crippen LogP contribution is -2.02. The molecule has 0 fully saturated rings. The minimum absolute atomic E-state index is 0.178. The fraction of sp³-hybridized carbons (Fsp3) is 0.571. The summed E-state index contributed by atoms with van der Waals surface area (Å²) in [6, 6.07) is 0. The summed E-state index contributed by atoms with van der Waals surface area (Å²) in [5.41, 5.74) is 0. The Hall–Kier alpha value is -0.830. The summed E-state index contributed by atoms with van der Waals surface area (Å²) in [6.07, 6.45) is 4.33. The van der Waals surface area contributed by atoms with E-state index in [4.69, 9.17) is 5.11 Å². The first kappa shape index (κ1) is 7.28. The Labute approximate surface area is 60.3 Å². The molecule has 1 rings (SSSR count). The highest BCUT2D eigenvalue weighted by molar-refractivity contribution is 4.91. The fourth-order valence-electron chi connectivity index (χ4n) is 0.956. The molecule has 3 heteroatoms. The molecule has 0 aromatic carbocycles. The van der Waals surface area contributed by atoms with E-state index in [9.17, 15) is 0 Å². The van der Waals surface area contributed by atoms with Crippen molar-refractivity contribution in [1.82, 2.24) is 9.55 Å². The molecule has 0 saturated carbocycles. The van der Waals surface area contributed by atoms with Gasteiger partial charge in [-0.2, -0.15) is 0 Å². The van der Waals surface area contributed by atoms with Gasteiger partial charge >= 0.3 is 0 Å². The van der Waals surface area contributed by atoms with E-state index < -0.39 is 0 Å². The fourth-order valence-corrected chi connectivity index (χ4v) is 0.956. The minimum atomic E-state index is 0.178. The van der Waals surface area contributed by atoms with Crippen LogP contribution in [0.3, 0.4) is 0 Å². The van der Waals surface area contributed by atoms with Crippen LogP contribution in [0, 0.1) is 0 Å². The molecule has 56 valence electrons. The average Bonchev–Trinajstić information content (AvgIpc) is 2.36. The highest BCUT2D eigenvalue weighted by Gasteiger charge is 1.97. The molecule has 0 atom stereocenters. The number of hydrogen-bond acceptors (Lipinski definition) is 2. The molecule has 0 bridgehead atoms. The van der Waals surface area contributed by atoms with Crippen molar-refractivity contribution in [3.63, 3.8) is 0 Å². The van der Waals surface area contributed by atoms with Gasteiger partial charge in [-0.15, -0.1) is 0 Å². The second-order valence-electron chi connectivity index (χ2n) is 2.10. The molecule has 3 nitrogen and oxygen atoms in total. The van der Waals surface area contributed by atoms with Gasteiger partial charge in [-0.25, -0.2) is 4.98 Å². The first-order chi connectivity index (χ1) is 4.88. The lowest BCUT2D eigenvalue weighted by molar-refractivity contribution is 0.294. The number of aliphatic hydroxyl groups is 1. The molecular formula is C7H12N2O. The maximum Gasteiger partial charge on any atom is 0.110 e. The summed E-state index contributed by atoms with van der Waals surface area (Å²) in [4.78, 5) is 4.08. The lowest BCUT2D eigenvalue weighted by atomic mass is 10.4. The number of aromatic nitrogens is 2. The molecule has 1 aromatic rings. The average molecular weight is 140 g/mol. The van der Waals surface area contributed by atoms with Crippen molar-refractivity contribution >= 4 is 0 Å². The topological polar surface area (TPSA) is 38.0 Å². The van der Waals surface area contributed by atoms with Crippen LogP contribution in [0.4, 0.5) is 0 Å². The molecule has 0 spiro atoms. The van der Waals surface area contributed by atoms with E-state index in [1.807, 2.05) is 10.8 Å². The molecule has 1 heterocycles. The summed E-state index contributed by atoms with van der Waals surface area (Å²) in [5, 5.41) is 8.60. The molecule has 0 saturated heterocycles. The third kappa shape index (κ3) is 1.36. The molecular weight excluding hydrogens is 128 g/mol. The van der Waals surface area contributed by atoms with E-state index in [1.165, 1.54) is 0 Å². The summed E-state index contributed by atoms with van der Waals surface area (Å²) >= 11 is 0. The number of aliphatic hydroxyl groups excluding tert-OH is 1. The Morgan fingerprint density at radius 1 is 1.70 bits per heavy atom. The Morgan fingerprint density at radius 2 is 2.50 bits per heavy atom. The van der Waals surface area contributed by atoms with Crippen molar-refractivity contribution in [2.45, 2.75) is 19.9 Å². The Balaban J connectivity index is 2.70. The van der Waals surface area contributed by atoms with E-state index in [1.54, 1.807) is 6.20 Å². The van der Waals surface area contributed by atoms with Gasteiger partial charge in [-0.3, -0.25) is 0 Å². The van der Waals surface area contributed by atoms with Crippen molar-refractivity contribution in [2.75, 3.05) is 6.61 Å². The van der Waals surface area contributed by atoms with E-state index in [0.717, 1.165) is 12.4 Å². The summed E-state index contributed by atoms with van der Waals surface area (Å²) in [6.45, 7) is 3.16. The second kappa shape index (κ2) is 3.37. The van der Waals surface area contributed by atoms with Gasteiger partial charge in [0, 0.05) is 25.4 Å². The zero-order chi connectivity index (χ0) is 7.40.